The lowest BCUT2D eigenvalue weighted by molar-refractivity contribution is -0.0575. The average molecular weight is 284 g/mol. The number of morpholine rings is 1. The van der Waals surface area contributed by atoms with Crippen LogP contribution in [0.15, 0.2) is 18.2 Å². The number of nitrogens with two attached hydrogens (primary N) is 1. The molecule has 0 aromatic heterocycles. The van der Waals surface area contributed by atoms with E-state index in [0.717, 1.165) is 19.0 Å². The van der Waals surface area contributed by atoms with E-state index in [2.05, 4.69) is 11.8 Å². The van der Waals surface area contributed by atoms with Crippen LogP contribution in [-0.2, 0) is 4.74 Å². The lowest BCUT2D eigenvalue weighted by Gasteiger charge is -2.39. The van der Waals surface area contributed by atoms with Crippen LogP contribution in [0.3, 0.4) is 0 Å². The Bertz CT molecular complexity index is 455. The van der Waals surface area contributed by atoms with E-state index in [0.29, 0.717) is 24.8 Å². The van der Waals surface area contributed by atoms with E-state index in [1.807, 2.05) is 6.92 Å². The van der Waals surface area contributed by atoms with Gasteiger partial charge in [0.2, 0.25) is 0 Å². The number of ether oxygens (including phenoxy) is 1. The quantitative estimate of drug-likeness (QED) is 0.923. The summed E-state index contributed by atoms with van der Waals surface area (Å²) in [5.74, 6) is -1.69. The van der Waals surface area contributed by atoms with Crippen LogP contribution in [0.5, 0.6) is 0 Å². The summed E-state index contributed by atoms with van der Waals surface area (Å²) in [4.78, 5) is 2.28. The van der Waals surface area contributed by atoms with Gasteiger partial charge in [-0.25, -0.2) is 8.78 Å². The van der Waals surface area contributed by atoms with Gasteiger partial charge in [-0.3, -0.25) is 4.90 Å². The zero-order valence-electron chi connectivity index (χ0n) is 12.0. The Morgan fingerprint density at radius 3 is 2.80 bits per heavy atom. The number of nitrogens with zero attached hydrogens (tertiary/aromatic N) is 1. The van der Waals surface area contributed by atoms with E-state index in [-0.39, 0.29) is 12.1 Å². The maximum Gasteiger partial charge on any atom is 0.159 e. The second-order valence-electron chi connectivity index (χ2n) is 5.44. The molecular formula is C15H22F2N2O. The molecule has 1 aromatic rings. The number of hydrogen-bond donors (Lipinski definition) is 1. The van der Waals surface area contributed by atoms with Gasteiger partial charge in [0.05, 0.1) is 12.7 Å². The van der Waals surface area contributed by atoms with E-state index in [1.165, 1.54) is 6.07 Å². The van der Waals surface area contributed by atoms with Gasteiger partial charge in [-0.1, -0.05) is 13.0 Å². The van der Waals surface area contributed by atoms with Crippen molar-refractivity contribution in [2.45, 2.75) is 38.5 Å². The van der Waals surface area contributed by atoms with Crippen molar-refractivity contribution in [3.63, 3.8) is 0 Å². The summed E-state index contributed by atoms with van der Waals surface area (Å²) >= 11 is 0. The molecule has 3 unspecified atom stereocenters. The predicted molar refractivity (Wildman–Crippen MR) is 74.4 cm³/mol. The van der Waals surface area contributed by atoms with Crippen LogP contribution in [0.1, 0.15) is 31.9 Å². The molecule has 3 nitrogen and oxygen atoms in total. The Balaban J connectivity index is 2.05. The highest BCUT2D eigenvalue weighted by atomic mass is 19.2. The number of halogens is 2. The second kappa shape index (κ2) is 6.61. The molecule has 1 aromatic carbocycles. The van der Waals surface area contributed by atoms with E-state index in [4.69, 9.17) is 10.5 Å². The third kappa shape index (κ3) is 3.53. The molecule has 0 saturated carbocycles. The molecule has 20 heavy (non-hydrogen) atoms. The molecule has 0 radical (unpaired) electrons. The lowest BCUT2D eigenvalue weighted by atomic mass is 10.0. The van der Waals surface area contributed by atoms with Crippen LogP contribution in [0.4, 0.5) is 8.78 Å². The fourth-order valence-electron chi connectivity index (χ4n) is 2.61. The van der Waals surface area contributed by atoms with Crippen molar-refractivity contribution in [3.8, 4) is 0 Å². The Hall–Kier alpha value is -1.04. The molecule has 2 rings (SSSR count). The van der Waals surface area contributed by atoms with Crippen molar-refractivity contribution in [1.29, 1.82) is 0 Å². The van der Waals surface area contributed by atoms with Crippen molar-refractivity contribution in [2.24, 2.45) is 5.73 Å². The molecule has 1 aliphatic rings. The van der Waals surface area contributed by atoms with E-state index in [9.17, 15) is 8.78 Å². The highest BCUT2D eigenvalue weighted by Gasteiger charge is 2.27. The van der Waals surface area contributed by atoms with Crippen molar-refractivity contribution in [1.82, 2.24) is 4.90 Å². The minimum atomic E-state index is -0.847. The minimum absolute atomic E-state index is 0.176. The van der Waals surface area contributed by atoms with Gasteiger partial charge in [-0.2, -0.15) is 0 Å². The third-order valence-corrected chi connectivity index (χ3v) is 3.86. The van der Waals surface area contributed by atoms with Gasteiger partial charge in [-0.05, 0) is 31.0 Å². The molecule has 0 bridgehead atoms. The Kier molecular flexibility index (Phi) is 5.07. The summed E-state index contributed by atoms with van der Waals surface area (Å²) in [6.45, 7) is 6.28. The first kappa shape index (κ1) is 15.4. The van der Waals surface area contributed by atoms with Crippen molar-refractivity contribution in [3.05, 3.63) is 35.4 Å². The summed E-state index contributed by atoms with van der Waals surface area (Å²) in [5, 5.41) is 0. The first-order chi connectivity index (χ1) is 9.51. The van der Waals surface area contributed by atoms with E-state index in [1.54, 1.807) is 6.07 Å². The van der Waals surface area contributed by atoms with Crippen LogP contribution in [0.25, 0.3) is 0 Å². The summed E-state index contributed by atoms with van der Waals surface area (Å²) in [5.41, 5.74) is 6.76. The van der Waals surface area contributed by atoms with Crippen LogP contribution < -0.4 is 5.73 Å². The van der Waals surface area contributed by atoms with Crippen LogP contribution in [0, 0.1) is 11.6 Å². The van der Waals surface area contributed by atoms with Crippen LogP contribution in [0.2, 0.25) is 0 Å². The molecule has 2 N–H and O–H groups in total. The Morgan fingerprint density at radius 1 is 1.40 bits per heavy atom. The predicted octanol–water partition coefficient (Wildman–Crippen LogP) is 2.46. The van der Waals surface area contributed by atoms with Crippen molar-refractivity contribution >= 4 is 0 Å². The molecule has 0 amide bonds. The molecule has 1 aliphatic heterocycles. The van der Waals surface area contributed by atoms with Gasteiger partial charge in [0.15, 0.2) is 11.6 Å². The van der Waals surface area contributed by atoms with Gasteiger partial charge in [0.25, 0.3) is 0 Å². The zero-order chi connectivity index (χ0) is 14.7. The topological polar surface area (TPSA) is 38.5 Å². The van der Waals surface area contributed by atoms with E-state index >= 15 is 0 Å². The fraction of sp³-hybridized carbons (Fsp3) is 0.600. The molecule has 1 heterocycles. The average Bonchev–Trinajstić information content (AvgIpc) is 2.42. The number of rotatable bonds is 4. The first-order valence-corrected chi connectivity index (χ1v) is 7.07. The highest BCUT2D eigenvalue weighted by Crippen LogP contribution is 2.20. The molecule has 0 aliphatic carbocycles. The fourth-order valence-corrected chi connectivity index (χ4v) is 2.61. The Labute approximate surface area is 118 Å². The molecular weight excluding hydrogens is 262 g/mol. The molecule has 1 saturated heterocycles. The minimum Gasteiger partial charge on any atom is -0.376 e. The van der Waals surface area contributed by atoms with Crippen molar-refractivity contribution in [2.75, 3.05) is 19.7 Å². The third-order valence-electron chi connectivity index (χ3n) is 3.86. The SMILES string of the molecule is CCC1COC(C)CN1CC(N)c1ccc(F)c(F)c1. The van der Waals surface area contributed by atoms with E-state index < -0.39 is 11.6 Å². The second-order valence-corrected chi connectivity index (χ2v) is 5.44. The zero-order valence-corrected chi connectivity index (χ0v) is 12.0. The maximum atomic E-state index is 13.3. The van der Waals surface area contributed by atoms with Gasteiger partial charge >= 0.3 is 0 Å². The van der Waals surface area contributed by atoms with Crippen molar-refractivity contribution < 1.29 is 13.5 Å². The Morgan fingerprint density at radius 2 is 2.15 bits per heavy atom. The number of benzene rings is 1. The van der Waals surface area contributed by atoms with Crippen LogP contribution >= 0.6 is 0 Å². The molecule has 3 atom stereocenters. The first-order valence-electron chi connectivity index (χ1n) is 7.07. The number of hydrogen-bond acceptors (Lipinski definition) is 3. The lowest BCUT2D eigenvalue weighted by Crippen LogP contribution is -2.50. The summed E-state index contributed by atoms with van der Waals surface area (Å²) in [6, 6.07) is 3.87. The standard InChI is InChI=1S/C15H22F2N2O/c1-3-12-9-20-10(2)7-19(12)8-15(18)11-4-5-13(16)14(17)6-11/h4-6,10,12,15H,3,7-9,18H2,1-2H3. The normalized spacial score (nSPS) is 25.6. The largest absolute Gasteiger partial charge is 0.376 e. The summed E-state index contributed by atoms with van der Waals surface area (Å²) < 4.78 is 31.8. The summed E-state index contributed by atoms with van der Waals surface area (Å²) in [6.07, 6.45) is 1.16. The molecule has 0 spiro atoms. The smallest absolute Gasteiger partial charge is 0.159 e. The van der Waals surface area contributed by atoms with Gasteiger partial charge < -0.3 is 10.5 Å². The molecule has 1 fully saturated rings. The van der Waals surface area contributed by atoms with Gasteiger partial charge in [0, 0.05) is 25.2 Å². The molecule has 5 heteroatoms. The monoisotopic (exact) mass is 284 g/mol. The van der Waals surface area contributed by atoms with Gasteiger partial charge in [0.1, 0.15) is 0 Å². The highest BCUT2D eigenvalue weighted by molar-refractivity contribution is 5.21. The van der Waals surface area contributed by atoms with Crippen LogP contribution in [-0.4, -0.2) is 36.7 Å². The van der Waals surface area contributed by atoms with Gasteiger partial charge in [-0.15, -0.1) is 0 Å². The summed E-state index contributed by atoms with van der Waals surface area (Å²) in [7, 11) is 0. The maximum absolute atomic E-state index is 13.3. The molecule has 112 valence electrons.